The molecule has 0 aliphatic heterocycles. The lowest BCUT2D eigenvalue weighted by Crippen LogP contribution is -2.00. The first kappa shape index (κ1) is 12.5. The van der Waals surface area contributed by atoms with Crippen LogP contribution in [0, 0.1) is 10.5 Å². The fraction of sp³-hybridized carbons (Fsp3) is 0.167. The number of aliphatic hydroxyl groups excluding tert-OH is 1. The van der Waals surface area contributed by atoms with E-state index in [-0.39, 0.29) is 0 Å². The first-order valence-corrected chi connectivity index (χ1v) is 7.51. The van der Waals surface area contributed by atoms with Gasteiger partial charge in [-0.25, -0.2) is 0 Å². The Balaban J connectivity index is 2.45. The Hall–Kier alpha value is 0.0900. The molecular formula is C12H10BrIOS. The molecule has 0 bridgehead atoms. The molecule has 1 nitrogen and oxygen atoms in total. The van der Waals surface area contributed by atoms with Gasteiger partial charge in [-0.3, -0.25) is 0 Å². The predicted molar refractivity (Wildman–Crippen MR) is 80.0 cm³/mol. The fourth-order valence-corrected chi connectivity index (χ4v) is 3.44. The van der Waals surface area contributed by atoms with Crippen LogP contribution >= 0.6 is 49.9 Å². The summed E-state index contributed by atoms with van der Waals surface area (Å²) in [4.78, 5) is 1.02. The number of hydrogen-bond acceptors (Lipinski definition) is 2. The van der Waals surface area contributed by atoms with Crippen LogP contribution in [0.25, 0.3) is 0 Å². The standard InChI is InChI=1S/C12H10BrIOS/c1-7-4-5-16-12(7)11(15)9-6-8(14)2-3-10(9)13/h2-6,11,15H,1H3. The Morgan fingerprint density at radius 1 is 1.38 bits per heavy atom. The summed E-state index contributed by atoms with van der Waals surface area (Å²) in [5, 5.41) is 12.4. The molecule has 0 aliphatic carbocycles. The molecule has 1 N–H and O–H groups in total. The first-order valence-electron chi connectivity index (χ1n) is 4.76. The summed E-state index contributed by atoms with van der Waals surface area (Å²) < 4.78 is 2.08. The zero-order valence-corrected chi connectivity index (χ0v) is 13.1. The van der Waals surface area contributed by atoms with Crippen LogP contribution in [-0.2, 0) is 0 Å². The molecule has 1 heterocycles. The van der Waals surface area contributed by atoms with Crippen molar-refractivity contribution in [3.8, 4) is 0 Å². The normalized spacial score (nSPS) is 12.8. The first-order chi connectivity index (χ1) is 7.59. The van der Waals surface area contributed by atoms with E-state index in [1.807, 2.05) is 36.6 Å². The minimum atomic E-state index is -0.538. The SMILES string of the molecule is Cc1ccsc1C(O)c1cc(I)ccc1Br. The van der Waals surface area contributed by atoms with E-state index < -0.39 is 6.10 Å². The van der Waals surface area contributed by atoms with Crippen LogP contribution in [-0.4, -0.2) is 5.11 Å². The molecule has 0 saturated carbocycles. The molecule has 0 spiro atoms. The van der Waals surface area contributed by atoms with Crippen molar-refractivity contribution in [2.75, 3.05) is 0 Å². The van der Waals surface area contributed by atoms with E-state index in [2.05, 4.69) is 38.5 Å². The van der Waals surface area contributed by atoms with Gasteiger partial charge < -0.3 is 5.11 Å². The maximum absolute atomic E-state index is 10.3. The quantitative estimate of drug-likeness (QED) is 0.725. The molecule has 1 unspecified atom stereocenters. The Morgan fingerprint density at radius 2 is 2.12 bits per heavy atom. The summed E-state index contributed by atoms with van der Waals surface area (Å²) in [5.74, 6) is 0. The summed E-state index contributed by atoms with van der Waals surface area (Å²) in [7, 11) is 0. The maximum atomic E-state index is 10.3. The topological polar surface area (TPSA) is 20.2 Å². The number of benzene rings is 1. The molecule has 4 heteroatoms. The third kappa shape index (κ3) is 2.50. The van der Waals surface area contributed by atoms with Crippen molar-refractivity contribution in [2.24, 2.45) is 0 Å². The molecule has 1 aromatic heterocycles. The van der Waals surface area contributed by atoms with E-state index in [0.717, 1.165) is 24.0 Å². The van der Waals surface area contributed by atoms with Crippen molar-refractivity contribution >= 4 is 49.9 Å². The van der Waals surface area contributed by atoms with Crippen molar-refractivity contribution in [3.05, 3.63) is 53.7 Å². The van der Waals surface area contributed by atoms with Gasteiger partial charge in [0, 0.05) is 18.5 Å². The molecule has 0 fully saturated rings. The minimum absolute atomic E-state index is 0.538. The van der Waals surface area contributed by atoms with Gasteiger partial charge in [-0.05, 0) is 64.7 Å². The van der Waals surface area contributed by atoms with Crippen molar-refractivity contribution in [3.63, 3.8) is 0 Å². The molecule has 1 aromatic carbocycles. The van der Waals surface area contributed by atoms with Gasteiger partial charge in [0.1, 0.15) is 6.10 Å². The number of aliphatic hydroxyl groups is 1. The zero-order valence-electron chi connectivity index (χ0n) is 8.58. The van der Waals surface area contributed by atoms with Crippen LogP contribution in [0.4, 0.5) is 0 Å². The Labute approximate surface area is 121 Å². The summed E-state index contributed by atoms with van der Waals surface area (Å²) in [5.41, 5.74) is 2.07. The second-order valence-electron chi connectivity index (χ2n) is 3.54. The number of thiophene rings is 1. The smallest absolute Gasteiger partial charge is 0.115 e. The van der Waals surface area contributed by atoms with Gasteiger partial charge >= 0.3 is 0 Å². The Morgan fingerprint density at radius 3 is 2.75 bits per heavy atom. The number of aryl methyl sites for hydroxylation is 1. The third-order valence-corrected chi connectivity index (χ3v) is 4.87. The van der Waals surface area contributed by atoms with Crippen LogP contribution < -0.4 is 0 Å². The molecule has 0 aliphatic rings. The number of hydrogen-bond donors (Lipinski definition) is 1. The van der Waals surface area contributed by atoms with E-state index in [1.54, 1.807) is 11.3 Å². The van der Waals surface area contributed by atoms with E-state index >= 15 is 0 Å². The second kappa shape index (κ2) is 5.16. The van der Waals surface area contributed by atoms with E-state index in [4.69, 9.17) is 0 Å². The zero-order chi connectivity index (χ0) is 11.7. The lowest BCUT2D eigenvalue weighted by Gasteiger charge is -2.13. The average molecular weight is 409 g/mol. The minimum Gasteiger partial charge on any atom is -0.383 e. The molecule has 0 amide bonds. The van der Waals surface area contributed by atoms with Gasteiger partial charge in [-0.15, -0.1) is 11.3 Å². The van der Waals surface area contributed by atoms with Crippen molar-refractivity contribution in [2.45, 2.75) is 13.0 Å². The lowest BCUT2D eigenvalue weighted by atomic mass is 10.1. The van der Waals surface area contributed by atoms with Crippen LogP contribution in [0.2, 0.25) is 0 Å². The maximum Gasteiger partial charge on any atom is 0.115 e. The Bertz CT molecular complexity index is 509. The van der Waals surface area contributed by atoms with Gasteiger partial charge in [0.2, 0.25) is 0 Å². The molecule has 2 aromatic rings. The van der Waals surface area contributed by atoms with Gasteiger partial charge in [0.15, 0.2) is 0 Å². The van der Waals surface area contributed by atoms with Gasteiger partial charge in [0.05, 0.1) is 0 Å². The third-order valence-electron chi connectivity index (χ3n) is 2.40. The van der Waals surface area contributed by atoms with Crippen LogP contribution in [0.15, 0.2) is 34.1 Å². The van der Waals surface area contributed by atoms with Gasteiger partial charge in [-0.1, -0.05) is 15.9 Å². The molecule has 1 atom stereocenters. The lowest BCUT2D eigenvalue weighted by molar-refractivity contribution is 0.222. The molecule has 0 radical (unpaired) electrons. The number of halogens is 2. The predicted octanol–water partition coefficient (Wildman–Crippen LogP) is 4.51. The van der Waals surface area contributed by atoms with Crippen molar-refractivity contribution < 1.29 is 5.11 Å². The van der Waals surface area contributed by atoms with Gasteiger partial charge in [0.25, 0.3) is 0 Å². The summed E-state index contributed by atoms with van der Waals surface area (Å²) in [6.45, 7) is 2.02. The molecule has 84 valence electrons. The van der Waals surface area contributed by atoms with Crippen LogP contribution in [0.3, 0.4) is 0 Å². The molecule has 0 saturated heterocycles. The van der Waals surface area contributed by atoms with Crippen LogP contribution in [0.5, 0.6) is 0 Å². The summed E-state index contributed by atoms with van der Waals surface area (Å²) in [6, 6.07) is 8.03. The van der Waals surface area contributed by atoms with E-state index in [1.165, 1.54) is 0 Å². The molecule has 16 heavy (non-hydrogen) atoms. The second-order valence-corrected chi connectivity index (χ2v) is 6.58. The highest BCUT2D eigenvalue weighted by atomic mass is 127. The van der Waals surface area contributed by atoms with Crippen molar-refractivity contribution in [1.29, 1.82) is 0 Å². The van der Waals surface area contributed by atoms with E-state index in [9.17, 15) is 5.11 Å². The van der Waals surface area contributed by atoms with Gasteiger partial charge in [-0.2, -0.15) is 0 Å². The highest BCUT2D eigenvalue weighted by Gasteiger charge is 2.17. The highest BCUT2D eigenvalue weighted by Crippen LogP contribution is 2.33. The average Bonchev–Trinajstić information content (AvgIpc) is 2.67. The number of rotatable bonds is 2. The summed E-state index contributed by atoms with van der Waals surface area (Å²) in [6.07, 6.45) is -0.538. The highest BCUT2D eigenvalue weighted by molar-refractivity contribution is 14.1. The largest absolute Gasteiger partial charge is 0.383 e. The molecule has 2 rings (SSSR count). The summed E-state index contributed by atoms with van der Waals surface area (Å²) >= 11 is 7.33. The fourth-order valence-electron chi connectivity index (χ4n) is 1.53. The monoisotopic (exact) mass is 408 g/mol. The van der Waals surface area contributed by atoms with Crippen molar-refractivity contribution in [1.82, 2.24) is 0 Å². The van der Waals surface area contributed by atoms with Crippen LogP contribution in [0.1, 0.15) is 22.1 Å². The molecular weight excluding hydrogens is 399 g/mol. The van der Waals surface area contributed by atoms with E-state index in [0.29, 0.717) is 0 Å². The Kier molecular flexibility index (Phi) is 4.05.